The minimum atomic E-state index is -2.94. The Labute approximate surface area is 131 Å². The SMILES string of the molecule is COc1cc([C@@H]2NC(=O)c3ccccc3N2)ccc1OC(F)F. The maximum Gasteiger partial charge on any atom is 0.387 e. The van der Waals surface area contributed by atoms with Crippen LogP contribution in [0.1, 0.15) is 22.1 Å². The Morgan fingerprint density at radius 1 is 1.09 bits per heavy atom. The first-order chi connectivity index (χ1) is 11.1. The normalized spacial score (nSPS) is 16.3. The van der Waals surface area contributed by atoms with Gasteiger partial charge in [-0.05, 0) is 29.8 Å². The van der Waals surface area contributed by atoms with E-state index >= 15 is 0 Å². The average Bonchev–Trinajstić information content (AvgIpc) is 2.54. The molecule has 7 heteroatoms. The van der Waals surface area contributed by atoms with Gasteiger partial charge < -0.3 is 20.1 Å². The topological polar surface area (TPSA) is 59.6 Å². The lowest BCUT2D eigenvalue weighted by molar-refractivity contribution is -0.0512. The lowest BCUT2D eigenvalue weighted by Crippen LogP contribution is -2.38. The fraction of sp³-hybridized carbons (Fsp3) is 0.188. The molecule has 0 fully saturated rings. The summed E-state index contributed by atoms with van der Waals surface area (Å²) >= 11 is 0. The number of rotatable bonds is 4. The van der Waals surface area contributed by atoms with Gasteiger partial charge in [-0.25, -0.2) is 0 Å². The Morgan fingerprint density at radius 3 is 2.61 bits per heavy atom. The van der Waals surface area contributed by atoms with Gasteiger partial charge in [-0.1, -0.05) is 18.2 Å². The van der Waals surface area contributed by atoms with Crippen molar-refractivity contribution in [2.24, 2.45) is 0 Å². The van der Waals surface area contributed by atoms with Crippen molar-refractivity contribution in [2.75, 3.05) is 12.4 Å². The Kier molecular flexibility index (Phi) is 4.01. The molecule has 0 radical (unpaired) electrons. The van der Waals surface area contributed by atoms with Crippen molar-refractivity contribution in [3.63, 3.8) is 0 Å². The summed E-state index contributed by atoms with van der Waals surface area (Å²) < 4.78 is 34.2. The minimum absolute atomic E-state index is 0.0613. The van der Waals surface area contributed by atoms with Crippen LogP contribution in [0, 0.1) is 0 Å². The Morgan fingerprint density at radius 2 is 1.87 bits per heavy atom. The van der Waals surface area contributed by atoms with Crippen molar-refractivity contribution < 1.29 is 23.0 Å². The van der Waals surface area contributed by atoms with E-state index in [2.05, 4.69) is 15.4 Å². The average molecular weight is 320 g/mol. The molecule has 1 amide bonds. The maximum atomic E-state index is 12.4. The Hall–Kier alpha value is -2.83. The van der Waals surface area contributed by atoms with Crippen LogP contribution < -0.4 is 20.1 Å². The van der Waals surface area contributed by atoms with Crippen molar-refractivity contribution in [2.45, 2.75) is 12.8 Å². The van der Waals surface area contributed by atoms with Gasteiger partial charge in [-0.3, -0.25) is 4.79 Å². The largest absolute Gasteiger partial charge is 0.493 e. The molecule has 1 atom stereocenters. The summed E-state index contributed by atoms with van der Waals surface area (Å²) in [6.07, 6.45) is -0.494. The zero-order chi connectivity index (χ0) is 16.4. The third-order valence-electron chi connectivity index (χ3n) is 3.48. The van der Waals surface area contributed by atoms with Crippen molar-refractivity contribution in [1.82, 2.24) is 5.32 Å². The monoisotopic (exact) mass is 320 g/mol. The predicted molar refractivity (Wildman–Crippen MR) is 79.9 cm³/mol. The van der Waals surface area contributed by atoms with Crippen molar-refractivity contribution >= 4 is 11.6 Å². The first-order valence-electron chi connectivity index (χ1n) is 6.87. The molecule has 2 N–H and O–H groups in total. The Balaban J connectivity index is 1.89. The van der Waals surface area contributed by atoms with Gasteiger partial charge in [0, 0.05) is 5.69 Å². The summed E-state index contributed by atoms with van der Waals surface area (Å²) in [6.45, 7) is -2.94. The van der Waals surface area contributed by atoms with Gasteiger partial charge in [0.2, 0.25) is 0 Å². The number of amides is 1. The third kappa shape index (κ3) is 3.03. The summed E-state index contributed by atoms with van der Waals surface area (Å²) in [5.41, 5.74) is 1.91. The van der Waals surface area contributed by atoms with E-state index in [4.69, 9.17) is 4.74 Å². The van der Waals surface area contributed by atoms with Crippen LogP contribution >= 0.6 is 0 Å². The summed E-state index contributed by atoms with van der Waals surface area (Å²) in [4.78, 5) is 12.1. The van der Waals surface area contributed by atoms with Gasteiger partial charge >= 0.3 is 6.61 Å². The van der Waals surface area contributed by atoms with Crippen LogP contribution in [0.2, 0.25) is 0 Å². The van der Waals surface area contributed by atoms with Crippen LogP contribution in [0.3, 0.4) is 0 Å². The highest BCUT2D eigenvalue weighted by atomic mass is 19.3. The van der Waals surface area contributed by atoms with E-state index in [0.717, 1.165) is 0 Å². The number of hydrogen-bond donors (Lipinski definition) is 2. The van der Waals surface area contributed by atoms with Crippen molar-refractivity contribution in [3.8, 4) is 11.5 Å². The smallest absolute Gasteiger partial charge is 0.387 e. The lowest BCUT2D eigenvalue weighted by atomic mass is 10.1. The number of carbonyl (C=O) groups excluding carboxylic acids is 1. The van der Waals surface area contributed by atoms with E-state index in [1.54, 1.807) is 30.3 Å². The van der Waals surface area contributed by atoms with Crippen LogP contribution in [0.4, 0.5) is 14.5 Å². The molecule has 5 nitrogen and oxygen atoms in total. The second-order valence-electron chi connectivity index (χ2n) is 4.89. The molecule has 0 spiro atoms. The molecule has 3 rings (SSSR count). The van der Waals surface area contributed by atoms with Crippen molar-refractivity contribution in [1.29, 1.82) is 0 Å². The molecule has 120 valence electrons. The standard InChI is InChI=1S/C16H14F2N2O3/c1-22-13-8-9(6-7-12(13)23-16(17)18)14-19-11-5-3-2-4-10(11)15(21)20-14/h2-8,14,16,19H,1H3,(H,20,21)/t14-/m0/s1. The number of para-hydroxylation sites is 1. The fourth-order valence-corrected chi connectivity index (χ4v) is 2.43. The highest BCUT2D eigenvalue weighted by Crippen LogP contribution is 2.33. The number of hydrogen-bond acceptors (Lipinski definition) is 4. The first kappa shape index (κ1) is 15.1. The van der Waals surface area contributed by atoms with Gasteiger partial charge in [0.1, 0.15) is 6.17 Å². The molecule has 0 saturated heterocycles. The molecule has 0 saturated carbocycles. The van der Waals surface area contributed by atoms with Gasteiger partial charge in [0.15, 0.2) is 11.5 Å². The van der Waals surface area contributed by atoms with E-state index in [1.165, 1.54) is 13.2 Å². The summed E-state index contributed by atoms with van der Waals surface area (Å²) in [7, 11) is 1.36. The number of carbonyl (C=O) groups is 1. The van der Waals surface area contributed by atoms with E-state index in [1.807, 2.05) is 6.07 Å². The number of methoxy groups -OCH3 is 1. The molecule has 0 unspecified atom stereocenters. The molecule has 2 aromatic rings. The minimum Gasteiger partial charge on any atom is -0.493 e. The molecule has 1 heterocycles. The first-order valence-corrected chi connectivity index (χ1v) is 6.87. The number of benzene rings is 2. The summed E-state index contributed by atoms with van der Waals surface area (Å²) in [5.74, 6) is -0.109. The lowest BCUT2D eigenvalue weighted by Gasteiger charge is -2.28. The second-order valence-corrected chi connectivity index (χ2v) is 4.89. The molecule has 1 aliphatic heterocycles. The van der Waals surface area contributed by atoms with Crippen molar-refractivity contribution in [3.05, 3.63) is 53.6 Å². The maximum absolute atomic E-state index is 12.4. The summed E-state index contributed by atoms with van der Waals surface area (Å²) in [6, 6.07) is 11.6. The Bertz CT molecular complexity index is 737. The van der Waals surface area contributed by atoms with Crippen LogP contribution in [-0.2, 0) is 0 Å². The number of nitrogens with one attached hydrogen (secondary N) is 2. The quantitative estimate of drug-likeness (QED) is 0.908. The number of ether oxygens (including phenoxy) is 2. The second kappa shape index (κ2) is 6.12. The molecule has 23 heavy (non-hydrogen) atoms. The van der Waals surface area contributed by atoms with Crippen LogP contribution in [-0.4, -0.2) is 19.6 Å². The fourth-order valence-electron chi connectivity index (χ4n) is 2.43. The zero-order valence-electron chi connectivity index (χ0n) is 12.2. The number of halogens is 2. The van der Waals surface area contributed by atoms with E-state index < -0.39 is 12.8 Å². The molecule has 0 aromatic heterocycles. The molecule has 0 bridgehead atoms. The molecular weight excluding hydrogens is 306 g/mol. The zero-order valence-corrected chi connectivity index (χ0v) is 12.2. The highest BCUT2D eigenvalue weighted by Gasteiger charge is 2.25. The van der Waals surface area contributed by atoms with Gasteiger partial charge in [-0.15, -0.1) is 0 Å². The van der Waals surface area contributed by atoms with Crippen LogP contribution in [0.15, 0.2) is 42.5 Å². The number of fused-ring (bicyclic) bond motifs is 1. The van der Waals surface area contributed by atoms with Gasteiger partial charge in [0.25, 0.3) is 5.91 Å². The molecule has 1 aliphatic rings. The van der Waals surface area contributed by atoms with E-state index in [0.29, 0.717) is 16.8 Å². The number of alkyl halides is 2. The molecule has 0 aliphatic carbocycles. The third-order valence-corrected chi connectivity index (χ3v) is 3.48. The highest BCUT2D eigenvalue weighted by molar-refractivity contribution is 6.01. The van der Waals surface area contributed by atoms with E-state index in [9.17, 15) is 13.6 Å². The molecular formula is C16H14F2N2O3. The predicted octanol–water partition coefficient (Wildman–Crippen LogP) is 3.15. The van der Waals surface area contributed by atoms with E-state index in [-0.39, 0.29) is 17.4 Å². The van der Waals surface area contributed by atoms with Gasteiger partial charge in [-0.2, -0.15) is 8.78 Å². The van der Waals surface area contributed by atoms with Crippen LogP contribution in [0.25, 0.3) is 0 Å². The number of anilines is 1. The summed E-state index contributed by atoms with van der Waals surface area (Å²) in [5, 5.41) is 5.98. The molecule has 2 aromatic carbocycles. The van der Waals surface area contributed by atoms with Crippen LogP contribution in [0.5, 0.6) is 11.5 Å². The van der Waals surface area contributed by atoms with Gasteiger partial charge in [0.05, 0.1) is 12.7 Å².